The van der Waals surface area contributed by atoms with Gasteiger partial charge in [-0.15, -0.1) is 0 Å². The lowest BCUT2D eigenvalue weighted by atomic mass is 10.1. The summed E-state index contributed by atoms with van der Waals surface area (Å²) in [4.78, 5) is 18.2. The number of carbonyl (C=O) groups is 1. The van der Waals surface area contributed by atoms with Crippen molar-refractivity contribution in [2.75, 3.05) is 19.6 Å². The highest BCUT2D eigenvalue weighted by Gasteiger charge is 2.20. The summed E-state index contributed by atoms with van der Waals surface area (Å²) in [6, 6.07) is 5.69. The number of rotatable bonds is 6. The highest BCUT2D eigenvalue weighted by molar-refractivity contribution is 5.74. The molecule has 0 saturated heterocycles. The lowest BCUT2D eigenvalue weighted by Gasteiger charge is -2.28. The Balaban J connectivity index is 1.85. The number of hydrogen-bond donors (Lipinski definition) is 2. The molecule has 2 aromatic heterocycles. The molecule has 120 valence electrons. The van der Waals surface area contributed by atoms with Crippen molar-refractivity contribution in [3.63, 3.8) is 0 Å². The third kappa shape index (κ3) is 4.46. The Bertz CT molecular complexity index is 597. The van der Waals surface area contributed by atoms with Crippen LogP contribution in [-0.4, -0.2) is 50.7 Å². The van der Waals surface area contributed by atoms with E-state index in [1.54, 1.807) is 18.7 Å². The minimum Gasteiger partial charge on any atom is -0.389 e. The molecule has 0 radical (unpaired) electrons. The minimum absolute atomic E-state index is 0.159. The molecule has 2 rings (SSSR count). The molecule has 0 spiro atoms. The lowest BCUT2D eigenvalue weighted by Crippen LogP contribution is -2.47. The Morgan fingerprint density at radius 2 is 2.23 bits per heavy atom. The molecule has 0 aliphatic carbocycles. The third-order valence-corrected chi connectivity index (χ3v) is 3.32. The first-order valence-electron chi connectivity index (χ1n) is 7.57. The molecule has 2 amide bonds. The zero-order valence-electron chi connectivity index (χ0n) is 13.4. The van der Waals surface area contributed by atoms with Crippen molar-refractivity contribution < 1.29 is 9.90 Å². The number of imidazole rings is 1. The number of aromatic nitrogens is 2. The van der Waals surface area contributed by atoms with Gasteiger partial charge in [-0.1, -0.05) is 6.07 Å². The molecule has 0 aliphatic heterocycles. The Labute approximate surface area is 130 Å². The van der Waals surface area contributed by atoms with Crippen LogP contribution in [0.1, 0.15) is 26.5 Å². The van der Waals surface area contributed by atoms with E-state index in [1.807, 2.05) is 41.9 Å². The summed E-state index contributed by atoms with van der Waals surface area (Å²) in [5.74, 6) is 0. The molecule has 6 heteroatoms. The first-order chi connectivity index (χ1) is 10.4. The van der Waals surface area contributed by atoms with Gasteiger partial charge in [-0.3, -0.25) is 0 Å². The summed E-state index contributed by atoms with van der Waals surface area (Å²) in [5, 5.41) is 12.7. The number of hydrogen-bond acceptors (Lipinski definition) is 3. The Hall–Kier alpha value is -2.08. The summed E-state index contributed by atoms with van der Waals surface area (Å²) in [6.45, 7) is 6.67. The smallest absolute Gasteiger partial charge is 0.317 e. The normalized spacial score (nSPS) is 11.6. The fourth-order valence-electron chi connectivity index (χ4n) is 2.31. The molecule has 0 aliphatic rings. The van der Waals surface area contributed by atoms with Gasteiger partial charge in [-0.25, -0.2) is 9.78 Å². The topological polar surface area (TPSA) is 69.9 Å². The number of carbonyl (C=O) groups excluding carboxylic acids is 1. The summed E-state index contributed by atoms with van der Waals surface area (Å²) in [5.41, 5.74) is 0.952. The van der Waals surface area contributed by atoms with Crippen LogP contribution in [0.25, 0.3) is 5.65 Å². The highest BCUT2D eigenvalue weighted by Crippen LogP contribution is 2.06. The molecule has 0 atom stereocenters. The largest absolute Gasteiger partial charge is 0.389 e. The van der Waals surface area contributed by atoms with Crippen LogP contribution < -0.4 is 5.32 Å². The summed E-state index contributed by atoms with van der Waals surface area (Å²) >= 11 is 0. The predicted molar refractivity (Wildman–Crippen MR) is 85.8 cm³/mol. The molecule has 2 N–H and O–H groups in total. The molecule has 6 nitrogen and oxygen atoms in total. The molecule has 0 fully saturated rings. The van der Waals surface area contributed by atoms with E-state index in [1.165, 1.54) is 0 Å². The minimum atomic E-state index is -0.894. The SMILES string of the molecule is CCN(CC(C)(C)O)C(=O)NCCc1cn2ccccc2n1. The average molecular weight is 304 g/mol. The van der Waals surface area contributed by atoms with E-state index in [-0.39, 0.29) is 6.03 Å². The van der Waals surface area contributed by atoms with Gasteiger partial charge in [0.25, 0.3) is 0 Å². The van der Waals surface area contributed by atoms with E-state index < -0.39 is 5.60 Å². The van der Waals surface area contributed by atoms with Crippen LogP contribution in [0.3, 0.4) is 0 Å². The number of nitrogens with one attached hydrogen (secondary N) is 1. The monoisotopic (exact) mass is 304 g/mol. The second-order valence-electron chi connectivity index (χ2n) is 6.01. The predicted octanol–water partition coefficient (Wildman–Crippen LogP) is 1.68. The fraction of sp³-hybridized carbons (Fsp3) is 0.500. The van der Waals surface area contributed by atoms with Gasteiger partial charge in [-0.2, -0.15) is 0 Å². The van der Waals surface area contributed by atoms with Crippen LogP contribution in [0.5, 0.6) is 0 Å². The molecule has 0 aromatic carbocycles. The molecular formula is C16H24N4O2. The summed E-state index contributed by atoms with van der Waals surface area (Å²) in [6.07, 6.45) is 4.59. The van der Waals surface area contributed by atoms with Gasteiger partial charge in [0.1, 0.15) is 5.65 Å². The zero-order chi connectivity index (χ0) is 16.2. The van der Waals surface area contributed by atoms with Gasteiger partial charge in [0.05, 0.1) is 17.8 Å². The number of nitrogens with zero attached hydrogens (tertiary/aromatic N) is 3. The van der Waals surface area contributed by atoms with Crippen molar-refractivity contribution >= 4 is 11.7 Å². The van der Waals surface area contributed by atoms with E-state index >= 15 is 0 Å². The van der Waals surface area contributed by atoms with Crippen LogP contribution in [0.15, 0.2) is 30.6 Å². The van der Waals surface area contributed by atoms with Crippen LogP contribution >= 0.6 is 0 Å². The molecule has 2 aromatic rings. The second kappa shape index (κ2) is 6.79. The van der Waals surface area contributed by atoms with Gasteiger partial charge in [-0.05, 0) is 32.9 Å². The third-order valence-electron chi connectivity index (χ3n) is 3.32. The average Bonchev–Trinajstić information content (AvgIpc) is 2.86. The van der Waals surface area contributed by atoms with Crippen LogP contribution in [0, 0.1) is 0 Å². The summed E-state index contributed by atoms with van der Waals surface area (Å²) < 4.78 is 1.96. The Morgan fingerprint density at radius 1 is 1.45 bits per heavy atom. The van der Waals surface area contributed by atoms with E-state index in [0.29, 0.717) is 26.1 Å². The van der Waals surface area contributed by atoms with Crippen LogP contribution in [0.2, 0.25) is 0 Å². The number of pyridine rings is 1. The maximum absolute atomic E-state index is 12.1. The molecule has 22 heavy (non-hydrogen) atoms. The van der Waals surface area contributed by atoms with Gasteiger partial charge in [0.2, 0.25) is 0 Å². The first kappa shape index (κ1) is 16.3. The molecule has 0 unspecified atom stereocenters. The van der Waals surface area contributed by atoms with Crippen molar-refractivity contribution in [1.82, 2.24) is 19.6 Å². The molecule has 0 bridgehead atoms. The van der Waals surface area contributed by atoms with Crippen molar-refractivity contribution in [3.05, 3.63) is 36.3 Å². The van der Waals surface area contributed by atoms with E-state index in [0.717, 1.165) is 11.3 Å². The van der Waals surface area contributed by atoms with Crippen molar-refractivity contribution in [3.8, 4) is 0 Å². The van der Waals surface area contributed by atoms with Crippen LogP contribution in [-0.2, 0) is 6.42 Å². The van der Waals surface area contributed by atoms with E-state index in [4.69, 9.17) is 0 Å². The fourth-order valence-corrected chi connectivity index (χ4v) is 2.31. The van der Waals surface area contributed by atoms with E-state index in [2.05, 4.69) is 10.3 Å². The Morgan fingerprint density at radius 3 is 2.86 bits per heavy atom. The maximum atomic E-state index is 12.1. The molecule has 2 heterocycles. The lowest BCUT2D eigenvalue weighted by molar-refractivity contribution is 0.0480. The number of aliphatic hydroxyl groups is 1. The van der Waals surface area contributed by atoms with Crippen molar-refractivity contribution in [1.29, 1.82) is 0 Å². The second-order valence-corrected chi connectivity index (χ2v) is 6.01. The van der Waals surface area contributed by atoms with Gasteiger partial charge < -0.3 is 19.7 Å². The van der Waals surface area contributed by atoms with Crippen molar-refractivity contribution in [2.45, 2.75) is 32.8 Å². The number of urea groups is 1. The van der Waals surface area contributed by atoms with Gasteiger partial charge in [0.15, 0.2) is 0 Å². The number of likely N-dealkylation sites (N-methyl/N-ethyl adjacent to an activating group) is 1. The quantitative estimate of drug-likeness (QED) is 0.853. The number of amides is 2. The Kier molecular flexibility index (Phi) is 5.03. The maximum Gasteiger partial charge on any atom is 0.317 e. The highest BCUT2D eigenvalue weighted by atomic mass is 16.3. The van der Waals surface area contributed by atoms with Crippen molar-refractivity contribution in [2.24, 2.45) is 0 Å². The van der Waals surface area contributed by atoms with E-state index in [9.17, 15) is 9.90 Å². The first-order valence-corrected chi connectivity index (χ1v) is 7.57. The molecule has 0 saturated carbocycles. The summed E-state index contributed by atoms with van der Waals surface area (Å²) in [7, 11) is 0. The zero-order valence-corrected chi connectivity index (χ0v) is 13.4. The standard InChI is InChI=1S/C16H24N4O2/c1-4-19(12-16(2,3)22)15(21)17-9-8-13-11-20-10-6-5-7-14(20)18-13/h5-7,10-11,22H,4,8-9,12H2,1-3H3,(H,17,21). The molecular weight excluding hydrogens is 280 g/mol. The number of fused-ring (bicyclic) bond motifs is 1. The van der Waals surface area contributed by atoms with Gasteiger partial charge in [0, 0.05) is 31.9 Å². The van der Waals surface area contributed by atoms with Gasteiger partial charge >= 0.3 is 6.03 Å². The van der Waals surface area contributed by atoms with Crippen LogP contribution in [0.4, 0.5) is 4.79 Å².